The molecule has 0 spiro atoms. The molecule has 36 heavy (non-hydrogen) atoms. The minimum atomic E-state index is -3.73. The zero-order valence-corrected chi connectivity index (χ0v) is 21.5. The summed E-state index contributed by atoms with van der Waals surface area (Å²) in [5, 5.41) is 11.3. The van der Waals surface area contributed by atoms with Crippen LogP contribution in [-0.4, -0.2) is 67.9 Å². The van der Waals surface area contributed by atoms with Gasteiger partial charge in [0.1, 0.15) is 16.1 Å². The second-order valence-electron chi connectivity index (χ2n) is 9.19. The Labute approximate surface area is 214 Å². The Bertz CT molecular complexity index is 1320. The Kier molecular flexibility index (Phi) is 6.86. The summed E-state index contributed by atoms with van der Waals surface area (Å²) < 4.78 is 41.6. The quantitative estimate of drug-likeness (QED) is 0.529. The van der Waals surface area contributed by atoms with E-state index in [0.29, 0.717) is 37.5 Å². The predicted molar refractivity (Wildman–Crippen MR) is 137 cm³/mol. The van der Waals surface area contributed by atoms with Gasteiger partial charge >= 0.3 is 0 Å². The molecule has 0 bridgehead atoms. The first kappa shape index (κ1) is 24.9. The zero-order chi connectivity index (χ0) is 25.4. The number of likely N-dealkylation sites (N-methyl/N-ethyl adjacent to an activating group) is 1. The third kappa shape index (κ3) is 4.66. The van der Waals surface area contributed by atoms with E-state index in [4.69, 9.17) is 0 Å². The molecule has 2 aliphatic heterocycles. The van der Waals surface area contributed by atoms with E-state index >= 15 is 0 Å². The molecule has 2 fully saturated rings. The number of aliphatic hydroxyl groups excluding tert-OH is 1. The van der Waals surface area contributed by atoms with Gasteiger partial charge in [0.25, 0.3) is 10.0 Å². The van der Waals surface area contributed by atoms with E-state index in [1.807, 2.05) is 35.2 Å². The molecule has 0 saturated carbocycles. The summed E-state index contributed by atoms with van der Waals surface area (Å²) in [4.78, 5) is 16.6. The van der Waals surface area contributed by atoms with E-state index in [1.54, 1.807) is 36.2 Å². The average molecular weight is 530 g/mol. The number of halogens is 1. The maximum absolute atomic E-state index is 13.4. The van der Waals surface area contributed by atoms with Crippen LogP contribution in [0, 0.1) is 5.82 Å². The van der Waals surface area contributed by atoms with Crippen LogP contribution in [0.4, 0.5) is 10.1 Å². The third-order valence-electron chi connectivity index (χ3n) is 7.12. The number of benzene rings is 2. The molecule has 3 atom stereocenters. The molecule has 2 aliphatic rings. The lowest BCUT2D eigenvalue weighted by atomic mass is 9.88. The van der Waals surface area contributed by atoms with Gasteiger partial charge in [-0.3, -0.25) is 4.79 Å². The summed E-state index contributed by atoms with van der Waals surface area (Å²) in [5.41, 5.74) is 1.83. The Morgan fingerprint density at radius 2 is 1.64 bits per heavy atom. The van der Waals surface area contributed by atoms with E-state index in [1.165, 1.54) is 16.4 Å². The van der Waals surface area contributed by atoms with Crippen molar-refractivity contribution < 1.29 is 22.7 Å². The van der Waals surface area contributed by atoms with Crippen LogP contribution >= 0.6 is 11.3 Å². The first-order valence-corrected chi connectivity index (χ1v) is 14.1. The Balaban J connectivity index is 1.31. The highest BCUT2D eigenvalue weighted by atomic mass is 32.2. The van der Waals surface area contributed by atoms with Crippen LogP contribution in [0.3, 0.4) is 0 Å². The zero-order valence-electron chi connectivity index (χ0n) is 19.8. The van der Waals surface area contributed by atoms with Gasteiger partial charge in [-0.1, -0.05) is 30.3 Å². The van der Waals surface area contributed by atoms with Crippen LogP contribution in [-0.2, 0) is 14.8 Å². The highest BCUT2D eigenvalue weighted by Crippen LogP contribution is 2.42. The van der Waals surface area contributed by atoms with Crippen LogP contribution in [0.1, 0.15) is 28.9 Å². The normalized spacial score (nSPS) is 22.2. The third-order valence-corrected chi connectivity index (χ3v) is 10.6. The molecule has 3 heterocycles. The Morgan fingerprint density at radius 3 is 2.31 bits per heavy atom. The summed E-state index contributed by atoms with van der Waals surface area (Å²) in [6.07, 6.45) is -0.701. The smallest absolute Gasteiger partial charge is 0.252 e. The number of amides is 1. The van der Waals surface area contributed by atoms with Crippen molar-refractivity contribution in [2.45, 2.75) is 28.7 Å². The van der Waals surface area contributed by atoms with E-state index < -0.39 is 22.2 Å². The molecule has 3 aromatic rings. The van der Waals surface area contributed by atoms with Gasteiger partial charge in [-0.05, 0) is 42.0 Å². The lowest BCUT2D eigenvalue weighted by Gasteiger charge is -2.35. The fourth-order valence-corrected chi connectivity index (χ4v) is 8.03. The first-order valence-electron chi connectivity index (χ1n) is 11.8. The van der Waals surface area contributed by atoms with Crippen LogP contribution in [0.15, 0.2) is 70.9 Å². The Hall–Kier alpha value is -2.79. The number of aliphatic hydroxyl groups is 1. The van der Waals surface area contributed by atoms with Gasteiger partial charge in [-0.25, -0.2) is 12.8 Å². The average Bonchev–Trinajstić information content (AvgIpc) is 3.51. The van der Waals surface area contributed by atoms with Crippen molar-refractivity contribution in [2.75, 3.05) is 38.1 Å². The summed E-state index contributed by atoms with van der Waals surface area (Å²) in [5.74, 6) is -0.532. The fraction of sp³-hybridized carbons (Fsp3) is 0.346. The van der Waals surface area contributed by atoms with Gasteiger partial charge in [-0.15, -0.1) is 11.3 Å². The molecule has 10 heteroatoms. The maximum atomic E-state index is 13.4. The molecule has 1 aromatic heterocycles. The number of piperazine rings is 1. The van der Waals surface area contributed by atoms with E-state index in [0.717, 1.165) is 22.6 Å². The van der Waals surface area contributed by atoms with Crippen LogP contribution < -0.4 is 4.90 Å². The molecular formula is C26H28FN3O4S2. The monoisotopic (exact) mass is 529 g/mol. The molecule has 1 amide bonds. The molecule has 1 N–H and O–H groups in total. The number of likely N-dealkylation sites (tertiary alicyclic amines) is 1. The molecule has 0 radical (unpaired) electrons. The number of rotatable bonds is 6. The van der Waals surface area contributed by atoms with Gasteiger partial charge in [0, 0.05) is 56.1 Å². The molecule has 7 nitrogen and oxygen atoms in total. The van der Waals surface area contributed by atoms with Gasteiger partial charge < -0.3 is 14.9 Å². The minimum absolute atomic E-state index is 0.0451. The number of hydrogen-bond donors (Lipinski definition) is 1. The van der Waals surface area contributed by atoms with Gasteiger partial charge in [0.15, 0.2) is 0 Å². The second kappa shape index (κ2) is 9.93. The molecule has 2 aromatic carbocycles. The molecule has 5 rings (SSSR count). The molecule has 190 valence electrons. The van der Waals surface area contributed by atoms with Gasteiger partial charge in [0.2, 0.25) is 5.91 Å². The highest BCUT2D eigenvalue weighted by molar-refractivity contribution is 7.91. The Morgan fingerprint density at radius 1 is 0.972 bits per heavy atom. The molecule has 0 unspecified atom stereocenters. The van der Waals surface area contributed by atoms with Crippen LogP contribution in [0.5, 0.6) is 0 Å². The number of carbonyl (C=O) groups is 1. The number of hydrogen-bond acceptors (Lipinski definition) is 6. The number of nitrogens with zero attached hydrogens (tertiary/aromatic N) is 3. The van der Waals surface area contributed by atoms with Crippen molar-refractivity contribution in [1.82, 2.24) is 9.21 Å². The van der Waals surface area contributed by atoms with Crippen molar-refractivity contribution in [1.29, 1.82) is 0 Å². The topological polar surface area (TPSA) is 81.2 Å². The molecule has 0 aliphatic carbocycles. The van der Waals surface area contributed by atoms with Crippen molar-refractivity contribution >= 4 is 33.0 Å². The first-order chi connectivity index (χ1) is 17.3. The summed E-state index contributed by atoms with van der Waals surface area (Å²) >= 11 is 1.05. The van der Waals surface area contributed by atoms with E-state index in [2.05, 4.69) is 0 Å². The lowest BCUT2D eigenvalue weighted by molar-refractivity contribution is -0.128. The molecule has 2 saturated heterocycles. The lowest BCUT2D eigenvalue weighted by Crippen LogP contribution is -2.48. The van der Waals surface area contributed by atoms with Crippen LogP contribution in [0.2, 0.25) is 0 Å². The van der Waals surface area contributed by atoms with Crippen molar-refractivity contribution in [2.24, 2.45) is 0 Å². The fourth-order valence-electron chi connectivity index (χ4n) is 5.10. The van der Waals surface area contributed by atoms with Crippen LogP contribution in [0.25, 0.3) is 0 Å². The molecular weight excluding hydrogens is 501 g/mol. The maximum Gasteiger partial charge on any atom is 0.252 e. The van der Waals surface area contributed by atoms with E-state index in [9.17, 15) is 22.7 Å². The number of anilines is 1. The summed E-state index contributed by atoms with van der Waals surface area (Å²) in [6, 6.07) is 18.5. The van der Waals surface area contributed by atoms with Gasteiger partial charge in [0.05, 0.1) is 6.04 Å². The number of thiophene rings is 1. The van der Waals surface area contributed by atoms with Crippen molar-refractivity contribution in [3.63, 3.8) is 0 Å². The standard InChI is InChI=1S/C26H28FN3O4S2/c1-28-23(31)17-21(18-5-3-2-4-6-18)25(28)26(32)22-11-12-24(35-22)36(33,34)30-15-13-29(14-16-30)20-9-7-19(27)8-10-20/h2-12,21,25-26,32H,13-17H2,1H3/t21-,25-,26-/m1/s1. The largest absolute Gasteiger partial charge is 0.385 e. The van der Waals surface area contributed by atoms with E-state index in [-0.39, 0.29) is 21.9 Å². The second-order valence-corrected chi connectivity index (χ2v) is 12.5. The number of sulfonamides is 1. The summed E-state index contributed by atoms with van der Waals surface area (Å²) in [7, 11) is -2.04. The van der Waals surface area contributed by atoms with Gasteiger partial charge in [-0.2, -0.15) is 4.31 Å². The predicted octanol–water partition coefficient (Wildman–Crippen LogP) is 3.45. The summed E-state index contributed by atoms with van der Waals surface area (Å²) in [6.45, 7) is 1.62. The highest BCUT2D eigenvalue weighted by Gasteiger charge is 2.43. The minimum Gasteiger partial charge on any atom is -0.385 e. The van der Waals surface area contributed by atoms with Crippen molar-refractivity contribution in [3.8, 4) is 0 Å². The van der Waals surface area contributed by atoms with Crippen molar-refractivity contribution in [3.05, 3.63) is 83.0 Å². The number of carbonyl (C=O) groups excluding carboxylic acids is 1. The SMILES string of the molecule is CN1C(=O)C[C@H](c2ccccc2)[C@@H]1[C@H](O)c1ccc(S(=O)(=O)N2CCN(c3ccc(F)cc3)CC2)s1.